The quantitative estimate of drug-likeness (QED) is 0.589. The van der Waals surface area contributed by atoms with Crippen molar-refractivity contribution >= 4 is 51.7 Å². The smallest absolute Gasteiger partial charge is 0.329 e. The molecule has 1 aromatic carbocycles. The van der Waals surface area contributed by atoms with E-state index in [-0.39, 0.29) is 11.2 Å². The number of hydrogen-bond donors (Lipinski definition) is 1. The fraction of sp³-hybridized carbons (Fsp3) is 0.381. The number of thioether (sulfide) groups is 1. The number of carbonyl (C=O) groups excluding carboxylic acids is 3. The van der Waals surface area contributed by atoms with Gasteiger partial charge in [0.1, 0.15) is 23.8 Å². The molecule has 4 rings (SSSR count). The molecule has 1 atom stereocenters. The van der Waals surface area contributed by atoms with Crippen molar-refractivity contribution in [1.29, 1.82) is 0 Å². The third kappa shape index (κ3) is 4.16. The first-order chi connectivity index (χ1) is 14.2. The van der Waals surface area contributed by atoms with Gasteiger partial charge in [-0.15, -0.1) is 0 Å². The van der Waals surface area contributed by atoms with Gasteiger partial charge in [-0.3, -0.25) is 14.9 Å². The van der Waals surface area contributed by atoms with Crippen LogP contribution in [0.2, 0.25) is 0 Å². The summed E-state index contributed by atoms with van der Waals surface area (Å²) in [6.45, 7) is 6.25. The maximum Gasteiger partial charge on any atom is 0.329 e. The van der Waals surface area contributed by atoms with Crippen LogP contribution in [0.15, 0.2) is 29.4 Å². The summed E-state index contributed by atoms with van der Waals surface area (Å²) < 4.78 is 5.61. The molecule has 2 fully saturated rings. The number of nitrogens with one attached hydrogen (secondary N) is 1. The van der Waals surface area contributed by atoms with E-state index in [4.69, 9.17) is 4.74 Å². The number of benzene rings is 1. The number of amides is 2. The maximum atomic E-state index is 12.7. The van der Waals surface area contributed by atoms with Crippen molar-refractivity contribution in [2.24, 2.45) is 0 Å². The summed E-state index contributed by atoms with van der Waals surface area (Å²) in [4.78, 5) is 47.1. The zero-order valence-corrected chi connectivity index (χ0v) is 17.8. The molecule has 0 spiro atoms. The number of carbonyl (C=O) groups is 3. The highest BCUT2D eigenvalue weighted by Crippen LogP contribution is 2.32. The lowest BCUT2D eigenvalue weighted by molar-refractivity contribution is -0.156. The molecule has 0 unspecified atom stereocenters. The molecule has 156 valence electrons. The van der Waals surface area contributed by atoms with Gasteiger partial charge in [-0.25, -0.2) is 14.8 Å². The van der Waals surface area contributed by atoms with E-state index in [0.717, 1.165) is 34.6 Å². The normalized spacial score (nSPS) is 20.8. The van der Waals surface area contributed by atoms with Gasteiger partial charge in [-0.1, -0.05) is 6.07 Å². The van der Waals surface area contributed by atoms with Gasteiger partial charge in [0.15, 0.2) is 0 Å². The van der Waals surface area contributed by atoms with Gasteiger partial charge in [0, 0.05) is 11.9 Å². The number of hydrogen-bond acceptors (Lipinski definition) is 8. The van der Waals surface area contributed by atoms with E-state index in [1.807, 2.05) is 43.9 Å². The van der Waals surface area contributed by atoms with Crippen molar-refractivity contribution in [3.63, 3.8) is 0 Å². The number of aromatic nitrogens is 2. The van der Waals surface area contributed by atoms with Crippen molar-refractivity contribution < 1.29 is 19.1 Å². The Morgan fingerprint density at radius 2 is 2.10 bits per heavy atom. The summed E-state index contributed by atoms with van der Waals surface area (Å²) >= 11 is 0.872. The predicted molar refractivity (Wildman–Crippen MR) is 115 cm³/mol. The Balaban J connectivity index is 1.70. The van der Waals surface area contributed by atoms with E-state index in [9.17, 15) is 14.4 Å². The van der Waals surface area contributed by atoms with Gasteiger partial charge >= 0.3 is 5.97 Å². The van der Waals surface area contributed by atoms with E-state index in [0.29, 0.717) is 23.7 Å². The summed E-state index contributed by atoms with van der Waals surface area (Å²) in [5.41, 5.74) is 0.922. The van der Waals surface area contributed by atoms with Crippen molar-refractivity contribution in [2.75, 3.05) is 11.4 Å². The Morgan fingerprint density at radius 3 is 2.80 bits per heavy atom. The topological polar surface area (TPSA) is 101 Å². The lowest BCUT2D eigenvalue weighted by Crippen LogP contribution is -2.41. The zero-order valence-electron chi connectivity index (χ0n) is 17.0. The van der Waals surface area contributed by atoms with Gasteiger partial charge in [-0.05, 0) is 69.1 Å². The second kappa shape index (κ2) is 7.71. The monoisotopic (exact) mass is 426 g/mol. The van der Waals surface area contributed by atoms with Crippen molar-refractivity contribution in [1.82, 2.24) is 15.3 Å². The van der Waals surface area contributed by atoms with Gasteiger partial charge in [-0.2, -0.15) is 0 Å². The van der Waals surface area contributed by atoms with Gasteiger partial charge in [0.25, 0.3) is 11.1 Å². The SMILES string of the molecule is CC(C)(C)OC(=O)[C@@H]1CCCN1c1ncnc2ccc(C=C3SC(=O)NC3=O)cc12. The van der Waals surface area contributed by atoms with Crippen LogP contribution in [0.25, 0.3) is 17.0 Å². The minimum absolute atomic E-state index is 0.262. The Hall–Kier alpha value is -2.94. The highest BCUT2D eigenvalue weighted by Gasteiger charge is 2.35. The number of nitrogens with zero attached hydrogens (tertiary/aromatic N) is 3. The van der Waals surface area contributed by atoms with E-state index in [1.54, 1.807) is 6.08 Å². The highest BCUT2D eigenvalue weighted by atomic mass is 32.2. The molecular formula is C21H22N4O4S. The summed E-state index contributed by atoms with van der Waals surface area (Å²) in [6.07, 6.45) is 4.71. The third-order valence-electron chi connectivity index (χ3n) is 4.78. The molecule has 1 aromatic heterocycles. The Morgan fingerprint density at radius 1 is 1.30 bits per heavy atom. The minimum atomic E-state index is -0.560. The van der Waals surface area contributed by atoms with E-state index >= 15 is 0 Å². The molecule has 2 saturated heterocycles. The number of anilines is 1. The van der Waals surface area contributed by atoms with Gasteiger partial charge < -0.3 is 9.64 Å². The van der Waals surface area contributed by atoms with Crippen LogP contribution in [-0.4, -0.2) is 45.3 Å². The fourth-order valence-corrected chi connectivity index (χ4v) is 4.27. The van der Waals surface area contributed by atoms with Crippen LogP contribution in [0.4, 0.5) is 10.6 Å². The first kappa shape index (κ1) is 20.3. The molecule has 8 nitrogen and oxygen atoms in total. The molecule has 0 bridgehead atoms. The third-order valence-corrected chi connectivity index (χ3v) is 5.59. The molecule has 3 heterocycles. The minimum Gasteiger partial charge on any atom is -0.458 e. The number of imide groups is 1. The maximum absolute atomic E-state index is 12.7. The molecule has 30 heavy (non-hydrogen) atoms. The molecule has 2 aliphatic rings. The standard InChI is InChI=1S/C21H22N4O4S/c1-21(2,3)29-19(27)15-5-4-8-25(15)17-13-9-12(6-7-14(13)22-11-23-17)10-16-18(26)24-20(28)30-16/h6-7,9-11,15H,4-5,8H2,1-3H3,(H,24,26,28)/t15-/m0/s1. The van der Waals surface area contributed by atoms with Crippen LogP contribution in [-0.2, 0) is 14.3 Å². The Bertz CT molecular complexity index is 1080. The number of fused-ring (bicyclic) bond motifs is 1. The largest absolute Gasteiger partial charge is 0.458 e. The molecular weight excluding hydrogens is 404 g/mol. The van der Waals surface area contributed by atoms with Crippen LogP contribution in [0.3, 0.4) is 0 Å². The van der Waals surface area contributed by atoms with E-state index in [2.05, 4.69) is 15.3 Å². The van der Waals surface area contributed by atoms with Crippen LogP contribution in [0.5, 0.6) is 0 Å². The van der Waals surface area contributed by atoms with Crippen molar-refractivity contribution in [2.45, 2.75) is 45.3 Å². The Kier molecular flexibility index (Phi) is 5.23. The molecule has 0 aliphatic carbocycles. The Labute approximate surface area is 178 Å². The second-order valence-electron chi connectivity index (χ2n) is 8.21. The molecule has 0 saturated carbocycles. The fourth-order valence-electron chi connectivity index (χ4n) is 3.59. The average Bonchev–Trinajstić information content (AvgIpc) is 3.26. The van der Waals surface area contributed by atoms with E-state index < -0.39 is 17.6 Å². The summed E-state index contributed by atoms with van der Waals surface area (Å²) in [5, 5.41) is 2.64. The molecule has 2 aromatic rings. The van der Waals surface area contributed by atoms with Gasteiger partial charge in [0.05, 0.1) is 10.4 Å². The van der Waals surface area contributed by atoms with Crippen molar-refractivity contribution in [3.8, 4) is 0 Å². The van der Waals surface area contributed by atoms with Crippen LogP contribution < -0.4 is 10.2 Å². The average molecular weight is 426 g/mol. The summed E-state index contributed by atoms with van der Waals surface area (Å²) in [5.74, 6) is -0.00468. The van der Waals surface area contributed by atoms with Crippen molar-refractivity contribution in [3.05, 3.63) is 35.0 Å². The summed E-state index contributed by atoms with van der Waals surface area (Å²) in [6, 6.07) is 5.14. The number of esters is 1. The molecule has 2 amide bonds. The first-order valence-corrected chi connectivity index (χ1v) is 10.5. The summed E-state index contributed by atoms with van der Waals surface area (Å²) in [7, 11) is 0. The lowest BCUT2D eigenvalue weighted by Gasteiger charge is -2.28. The van der Waals surface area contributed by atoms with Gasteiger partial charge in [0.2, 0.25) is 0 Å². The molecule has 2 aliphatic heterocycles. The number of ether oxygens (including phenoxy) is 1. The van der Waals surface area contributed by atoms with Crippen LogP contribution in [0.1, 0.15) is 39.2 Å². The highest BCUT2D eigenvalue weighted by molar-refractivity contribution is 8.18. The van der Waals surface area contributed by atoms with E-state index in [1.165, 1.54) is 6.33 Å². The first-order valence-electron chi connectivity index (χ1n) is 9.70. The number of rotatable bonds is 3. The predicted octanol–water partition coefficient (Wildman–Crippen LogP) is 3.26. The lowest BCUT2D eigenvalue weighted by atomic mass is 10.1. The van der Waals surface area contributed by atoms with Crippen LogP contribution >= 0.6 is 11.8 Å². The zero-order chi connectivity index (χ0) is 21.5. The van der Waals surface area contributed by atoms with Crippen LogP contribution in [0, 0.1) is 0 Å². The molecule has 0 radical (unpaired) electrons. The second-order valence-corrected chi connectivity index (χ2v) is 9.23. The molecule has 1 N–H and O–H groups in total. The molecule has 9 heteroatoms.